The maximum absolute atomic E-state index is 5.71. The zero-order valence-electron chi connectivity index (χ0n) is 7.72. The molecule has 0 saturated carbocycles. The van der Waals surface area contributed by atoms with Gasteiger partial charge in [0, 0.05) is 6.54 Å². The summed E-state index contributed by atoms with van der Waals surface area (Å²) in [6.07, 6.45) is 1.50. The van der Waals surface area contributed by atoms with E-state index in [2.05, 4.69) is 15.2 Å². The van der Waals surface area contributed by atoms with E-state index in [0.29, 0.717) is 6.54 Å². The van der Waals surface area contributed by atoms with Gasteiger partial charge in [-0.25, -0.2) is 4.98 Å². The Morgan fingerprint density at radius 1 is 1.29 bits per heavy atom. The Kier molecular flexibility index (Phi) is 2.55. The van der Waals surface area contributed by atoms with Gasteiger partial charge in [0.05, 0.1) is 5.92 Å². The SMILES string of the molecule is NC[C@H](c1ccccc1)c1ncn[nH]1. The van der Waals surface area contributed by atoms with Crippen molar-refractivity contribution in [2.75, 3.05) is 6.54 Å². The van der Waals surface area contributed by atoms with Crippen LogP contribution in [0.15, 0.2) is 36.7 Å². The number of H-pyrrole nitrogens is 1. The van der Waals surface area contributed by atoms with E-state index >= 15 is 0 Å². The van der Waals surface area contributed by atoms with Gasteiger partial charge < -0.3 is 5.73 Å². The Bertz CT molecular complexity index is 368. The predicted octanol–water partition coefficient (Wildman–Crippen LogP) is 0.895. The highest BCUT2D eigenvalue weighted by molar-refractivity contribution is 5.25. The van der Waals surface area contributed by atoms with Gasteiger partial charge in [-0.05, 0) is 5.56 Å². The fourth-order valence-electron chi connectivity index (χ4n) is 1.47. The van der Waals surface area contributed by atoms with Crippen molar-refractivity contribution in [1.29, 1.82) is 0 Å². The van der Waals surface area contributed by atoms with Crippen molar-refractivity contribution in [3.63, 3.8) is 0 Å². The summed E-state index contributed by atoms with van der Waals surface area (Å²) in [5, 5.41) is 6.67. The van der Waals surface area contributed by atoms with Gasteiger partial charge in [0.25, 0.3) is 0 Å². The maximum atomic E-state index is 5.71. The minimum absolute atomic E-state index is 0.110. The van der Waals surface area contributed by atoms with E-state index in [1.807, 2.05) is 30.3 Å². The third-order valence-corrected chi connectivity index (χ3v) is 2.20. The molecule has 4 nitrogen and oxygen atoms in total. The van der Waals surface area contributed by atoms with E-state index in [-0.39, 0.29) is 5.92 Å². The number of aromatic amines is 1. The highest BCUT2D eigenvalue weighted by Crippen LogP contribution is 2.18. The molecule has 72 valence electrons. The van der Waals surface area contributed by atoms with Gasteiger partial charge in [0.2, 0.25) is 0 Å². The van der Waals surface area contributed by atoms with Crippen LogP contribution in [0.1, 0.15) is 17.3 Å². The molecule has 0 aliphatic carbocycles. The lowest BCUT2D eigenvalue weighted by Crippen LogP contribution is -2.15. The number of hydrogen-bond acceptors (Lipinski definition) is 3. The van der Waals surface area contributed by atoms with Crippen molar-refractivity contribution in [3.8, 4) is 0 Å². The molecule has 14 heavy (non-hydrogen) atoms. The van der Waals surface area contributed by atoms with E-state index in [0.717, 1.165) is 11.4 Å². The molecule has 0 saturated heterocycles. The third kappa shape index (κ3) is 1.65. The largest absolute Gasteiger partial charge is 0.329 e. The number of nitrogens with two attached hydrogens (primary N) is 1. The summed E-state index contributed by atoms with van der Waals surface area (Å²) in [6, 6.07) is 10.1. The summed E-state index contributed by atoms with van der Waals surface area (Å²) in [5.41, 5.74) is 6.87. The lowest BCUT2D eigenvalue weighted by molar-refractivity contribution is 0.755. The molecule has 1 atom stereocenters. The summed E-state index contributed by atoms with van der Waals surface area (Å²) in [4.78, 5) is 4.12. The summed E-state index contributed by atoms with van der Waals surface area (Å²) < 4.78 is 0. The van der Waals surface area contributed by atoms with Crippen LogP contribution in [0.3, 0.4) is 0 Å². The molecule has 2 rings (SSSR count). The number of rotatable bonds is 3. The quantitative estimate of drug-likeness (QED) is 0.751. The summed E-state index contributed by atoms with van der Waals surface area (Å²) in [5.74, 6) is 0.928. The number of hydrogen-bond donors (Lipinski definition) is 2. The first kappa shape index (κ1) is 8.90. The molecule has 0 spiro atoms. The number of nitrogens with zero attached hydrogens (tertiary/aromatic N) is 2. The number of aromatic nitrogens is 3. The van der Waals surface area contributed by atoms with E-state index in [1.165, 1.54) is 6.33 Å². The fourth-order valence-corrected chi connectivity index (χ4v) is 1.47. The molecule has 0 unspecified atom stereocenters. The molecule has 0 radical (unpaired) electrons. The van der Waals surface area contributed by atoms with Gasteiger partial charge >= 0.3 is 0 Å². The van der Waals surface area contributed by atoms with Crippen LogP contribution in [0.2, 0.25) is 0 Å². The minimum atomic E-state index is 0.110. The Hall–Kier alpha value is -1.68. The normalized spacial score (nSPS) is 12.6. The van der Waals surface area contributed by atoms with Crippen LogP contribution in [0.5, 0.6) is 0 Å². The number of benzene rings is 1. The Labute approximate surface area is 82.2 Å². The number of nitrogens with one attached hydrogen (secondary N) is 1. The molecule has 1 aromatic carbocycles. The van der Waals surface area contributed by atoms with Crippen molar-refractivity contribution in [2.45, 2.75) is 5.92 Å². The van der Waals surface area contributed by atoms with Gasteiger partial charge in [0.15, 0.2) is 0 Å². The summed E-state index contributed by atoms with van der Waals surface area (Å²) in [7, 11) is 0. The van der Waals surface area contributed by atoms with Gasteiger partial charge in [-0.15, -0.1) is 0 Å². The minimum Gasteiger partial charge on any atom is -0.329 e. The highest BCUT2D eigenvalue weighted by atomic mass is 15.2. The highest BCUT2D eigenvalue weighted by Gasteiger charge is 2.14. The first-order chi connectivity index (χ1) is 6.92. The Morgan fingerprint density at radius 2 is 2.07 bits per heavy atom. The molecule has 0 aliphatic heterocycles. The summed E-state index contributed by atoms with van der Waals surface area (Å²) >= 11 is 0. The van der Waals surface area contributed by atoms with E-state index in [1.54, 1.807) is 0 Å². The molecule has 1 aromatic heterocycles. The molecule has 3 N–H and O–H groups in total. The zero-order valence-corrected chi connectivity index (χ0v) is 7.72. The molecule has 0 bridgehead atoms. The molecular formula is C10H12N4. The zero-order chi connectivity index (χ0) is 9.80. The smallest absolute Gasteiger partial charge is 0.137 e. The van der Waals surface area contributed by atoms with Crippen LogP contribution in [0.4, 0.5) is 0 Å². The van der Waals surface area contributed by atoms with Gasteiger partial charge in [0.1, 0.15) is 12.2 Å². The maximum Gasteiger partial charge on any atom is 0.137 e. The van der Waals surface area contributed by atoms with Crippen molar-refractivity contribution in [2.24, 2.45) is 5.73 Å². The van der Waals surface area contributed by atoms with Crippen LogP contribution >= 0.6 is 0 Å². The standard InChI is InChI=1S/C10H12N4/c11-6-9(10-12-7-13-14-10)8-4-2-1-3-5-8/h1-5,7,9H,6,11H2,(H,12,13,14)/t9-/m1/s1. The predicted molar refractivity (Wildman–Crippen MR) is 53.7 cm³/mol. The molecule has 0 fully saturated rings. The molecule has 0 amide bonds. The molecule has 4 heteroatoms. The molecule has 1 heterocycles. The second-order valence-electron chi connectivity index (χ2n) is 3.07. The van der Waals surface area contributed by atoms with Crippen LogP contribution < -0.4 is 5.73 Å². The second kappa shape index (κ2) is 4.02. The first-order valence-corrected chi connectivity index (χ1v) is 4.52. The fraction of sp³-hybridized carbons (Fsp3) is 0.200. The first-order valence-electron chi connectivity index (χ1n) is 4.52. The summed E-state index contributed by atoms with van der Waals surface area (Å²) in [6.45, 7) is 0.527. The molecule has 2 aromatic rings. The Balaban J connectivity index is 2.31. The molecular weight excluding hydrogens is 176 g/mol. The monoisotopic (exact) mass is 188 g/mol. The van der Waals surface area contributed by atoms with Crippen LogP contribution in [0, 0.1) is 0 Å². The van der Waals surface area contributed by atoms with Crippen LogP contribution in [-0.2, 0) is 0 Å². The molecule has 0 aliphatic rings. The van der Waals surface area contributed by atoms with Crippen molar-refractivity contribution >= 4 is 0 Å². The average Bonchev–Trinajstić information content (AvgIpc) is 2.74. The Morgan fingerprint density at radius 3 is 2.64 bits per heavy atom. The van der Waals surface area contributed by atoms with Crippen LogP contribution in [-0.4, -0.2) is 21.7 Å². The van der Waals surface area contributed by atoms with Crippen molar-refractivity contribution in [1.82, 2.24) is 15.2 Å². The lowest BCUT2D eigenvalue weighted by Gasteiger charge is -2.11. The van der Waals surface area contributed by atoms with E-state index in [4.69, 9.17) is 5.73 Å². The van der Waals surface area contributed by atoms with Gasteiger partial charge in [-0.3, -0.25) is 5.10 Å². The van der Waals surface area contributed by atoms with Crippen molar-refractivity contribution in [3.05, 3.63) is 48.0 Å². The average molecular weight is 188 g/mol. The van der Waals surface area contributed by atoms with Gasteiger partial charge in [-0.2, -0.15) is 5.10 Å². The van der Waals surface area contributed by atoms with Gasteiger partial charge in [-0.1, -0.05) is 30.3 Å². The lowest BCUT2D eigenvalue weighted by atomic mass is 9.99. The van der Waals surface area contributed by atoms with Crippen molar-refractivity contribution < 1.29 is 0 Å². The van der Waals surface area contributed by atoms with Crippen LogP contribution in [0.25, 0.3) is 0 Å². The topological polar surface area (TPSA) is 67.6 Å². The van der Waals surface area contributed by atoms with E-state index in [9.17, 15) is 0 Å². The van der Waals surface area contributed by atoms with E-state index < -0.39 is 0 Å². The third-order valence-electron chi connectivity index (χ3n) is 2.20. The second-order valence-corrected chi connectivity index (χ2v) is 3.07.